The van der Waals surface area contributed by atoms with Gasteiger partial charge < -0.3 is 20.9 Å². The zero-order chi connectivity index (χ0) is 23.5. The van der Waals surface area contributed by atoms with Crippen LogP contribution >= 0.6 is 0 Å². The molecule has 0 saturated carbocycles. The second kappa shape index (κ2) is 12.4. The van der Waals surface area contributed by atoms with Crippen molar-refractivity contribution in [1.82, 2.24) is 5.32 Å². The molecule has 2 unspecified atom stereocenters. The molecular weight excluding hydrogens is 400 g/mol. The van der Waals surface area contributed by atoms with Crippen LogP contribution in [0.25, 0.3) is 0 Å². The molecule has 0 saturated heterocycles. The first kappa shape index (κ1) is 24.9. The summed E-state index contributed by atoms with van der Waals surface area (Å²) in [6.45, 7) is 11.7. The Morgan fingerprint density at radius 2 is 1.81 bits per heavy atom. The number of carbonyl (C=O) groups is 1. The number of amides is 1. The van der Waals surface area contributed by atoms with Crippen LogP contribution in [-0.2, 0) is 4.79 Å². The second-order valence-electron chi connectivity index (χ2n) is 7.41. The van der Waals surface area contributed by atoms with Gasteiger partial charge in [-0.05, 0) is 48.8 Å². The Hall–Kier alpha value is -3.41. The van der Waals surface area contributed by atoms with Crippen molar-refractivity contribution in [1.29, 1.82) is 0 Å². The van der Waals surface area contributed by atoms with Crippen molar-refractivity contribution in [2.75, 3.05) is 13.2 Å². The van der Waals surface area contributed by atoms with Crippen LogP contribution < -0.4 is 15.8 Å². The zero-order valence-corrected chi connectivity index (χ0v) is 18.8. The number of aliphatic hydroxyl groups excluding tert-OH is 1. The number of rotatable bonds is 11. The third-order valence-corrected chi connectivity index (χ3v) is 5.03. The van der Waals surface area contributed by atoms with Crippen LogP contribution in [0.1, 0.15) is 37.0 Å². The van der Waals surface area contributed by atoms with Crippen LogP contribution in [0.4, 0.5) is 0 Å². The summed E-state index contributed by atoms with van der Waals surface area (Å²) in [5, 5.41) is 13.2. The van der Waals surface area contributed by atoms with E-state index >= 15 is 0 Å². The first-order valence-corrected chi connectivity index (χ1v) is 10.5. The summed E-state index contributed by atoms with van der Waals surface area (Å²) in [7, 11) is 0. The van der Waals surface area contributed by atoms with E-state index in [1.807, 2.05) is 68.5 Å². The number of ether oxygens (including phenoxy) is 1. The molecule has 2 atom stereocenters. The predicted molar refractivity (Wildman–Crippen MR) is 130 cm³/mol. The molecule has 2 aromatic carbocycles. The minimum absolute atomic E-state index is 0.134. The van der Waals surface area contributed by atoms with Crippen LogP contribution in [0.2, 0.25) is 0 Å². The van der Waals surface area contributed by atoms with Gasteiger partial charge in [-0.15, -0.1) is 0 Å². The number of hydrogen-bond donors (Lipinski definition) is 3. The molecule has 0 aliphatic rings. The van der Waals surface area contributed by atoms with Crippen LogP contribution in [0.15, 0.2) is 103 Å². The van der Waals surface area contributed by atoms with Crippen molar-refractivity contribution in [3.05, 3.63) is 114 Å². The SMILES string of the molecule is C=C/C(=C/C(=CC)NC(=O)C(CN)c1ccc(OCC(O)c2ccccc2)cc1)C(=C)C. The molecular formula is C27H32N2O3. The van der Waals surface area contributed by atoms with Crippen LogP contribution in [0.5, 0.6) is 5.75 Å². The fourth-order valence-electron chi connectivity index (χ4n) is 3.08. The van der Waals surface area contributed by atoms with Gasteiger partial charge in [0.15, 0.2) is 0 Å². The summed E-state index contributed by atoms with van der Waals surface area (Å²) >= 11 is 0. The molecule has 168 valence electrons. The van der Waals surface area contributed by atoms with E-state index in [2.05, 4.69) is 18.5 Å². The normalized spacial score (nSPS) is 13.8. The molecule has 0 aromatic heterocycles. The van der Waals surface area contributed by atoms with Crippen LogP contribution in [0.3, 0.4) is 0 Å². The van der Waals surface area contributed by atoms with E-state index in [1.54, 1.807) is 18.2 Å². The average molecular weight is 433 g/mol. The summed E-state index contributed by atoms with van der Waals surface area (Å²) < 4.78 is 5.70. The topological polar surface area (TPSA) is 84.6 Å². The summed E-state index contributed by atoms with van der Waals surface area (Å²) in [6, 6.07) is 16.5. The lowest BCUT2D eigenvalue weighted by molar-refractivity contribution is -0.121. The monoisotopic (exact) mass is 432 g/mol. The number of aliphatic hydroxyl groups is 1. The zero-order valence-electron chi connectivity index (χ0n) is 18.8. The van der Waals surface area contributed by atoms with Gasteiger partial charge in [0.2, 0.25) is 5.91 Å². The van der Waals surface area contributed by atoms with Crippen LogP contribution in [-0.4, -0.2) is 24.2 Å². The third kappa shape index (κ3) is 7.08. The lowest BCUT2D eigenvalue weighted by Crippen LogP contribution is -2.32. The van der Waals surface area contributed by atoms with Gasteiger partial charge in [-0.3, -0.25) is 4.79 Å². The Morgan fingerprint density at radius 3 is 2.34 bits per heavy atom. The largest absolute Gasteiger partial charge is 0.491 e. The van der Waals surface area contributed by atoms with Crippen molar-refractivity contribution < 1.29 is 14.6 Å². The van der Waals surface area contributed by atoms with Gasteiger partial charge in [-0.1, -0.05) is 73.3 Å². The number of allylic oxidation sites excluding steroid dienone is 5. The summed E-state index contributed by atoms with van der Waals surface area (Å²) in [4.78, 5) is 12.9. The highest BCUT2D eigenvalue weighted by Crippen LogP contribution is 2.22. The van der Waals surface area contributed by atoms with E-state index in [1.165, 1.54) is 0 Å². The lowest BCUT2D eigenvalue weighted by atomic mass is 9.98. The molecule has 0 fully saturated rings. The Morgan fingerprint density at radius 1 is 1.16 bits per heavy atom. The van der Waals surface area contributed by atoms with Crippen molar-refractivity contribution >= 4 is 5.91 Å². The van der Waals surface area contributed by atoms with Crippen molar-refractivity contribution in [3.63, 3.8) is 0 Å². The van der Waals surface area contributed by atoms with Crippen molar-refractivity contribution in [2.24, 2.45) is 5.73 Å². The standard InChI is InChI=1S/C27H32N2O3/c1-5-20(19(3)4)16-23(6-2)29-27(31)25(17-28)21-12-14-24(15-13-21)32-18-26(30)22-10-8-7-9-11-22/h5-16,25-26,30H,1,3,17-18,28H2,2,4H3,(H,29,31)/b20-16-,23-6?. The Kier molecular flexibility index (Phi) is 9.67. The van der Waals surface area contributed by atoms with Gasteiger partial charge in [-0.2, -0.15) is 0 Å². The number of benzene rings is 2. The van der Waals surface area contributed by atoms with Crippen molar-refractivity contribution in [3.8, 4) is 5.75 Å². The summed E-state index contributed by atoms with van der Waals surface area (Å²) in [5.41, 5.74) is 9.85. The van der Waals surface area contributed by atoms with Gasteiger partial charge in [0.05, 0.1) is 5.92 Å². The minimum atomic E-state index is -0.717. The molecule has 2 aromatic rings. The summed E-state index contributed by atoms with van der Waals surface area (Å²) in [6.07, 6.45) is 4.62. The minimum Gasteiger partial charge on any atom is -0.491 e. The third-order valence-electron chi connectivity index (χ3n) is 5.03. The molecule has 4 N–H and O–H groups in total. The molecule has 0 bridgehead atoms. The van der Waals surface area contributed by atoms with Gasteiger partial charge in [-0.25, -0.2) is 0 Å². The van der Waals surface area contributed by atoms with Gasteiger partial charge in [0.1, 0.15) is 18.5 Å². The second-order valence-corrected chi connectivity index (χ2v) is 7.41. The van der Waals surface area contributed by atoms with E-state index in [4.69, 9.17) is 10.5 Å². The van der Waals surface area contributed by atoms with Gasteiger partial charge in [0, 0.05) is 12.2 Å². The van der Waals surface area contributed by atoms with E-state index in [0.717, 1.165) is 22.3 Å². The highest BCUT2D eigenvalue weighted by molar-refractivity contribution is 5.85. The molecule has 1 amide bonds. The van der Waals surface area contributed by atoms with E-state index in [0.29, 0.717) is 11.4 Å². The van der Waals surface area contributed by atoms with Gasteiger partial charge in [0.25, 0.3) is 0 Å². The molecule has 5 heteroatoms. The number of carbonyl (C=O) groups excluding carboxylic acids is 1. The van der Waals surface area contributed by atoms with Crippen LogP contribution in [0, 0.1) is 0 Å². The summed E-state index contributed by atoms with van der Waals surface area (Å²) in [5.74, 6) is -0.108. The fraction of sp³-hybridized carbons (Fsp3) is 0.222. The van der Waals surface area contributed by atoms with E-state index in [9.17, 15) is 9.90 Å². The maximum absolute atomic E-state index is 12.9. The average Bonchev–Trinajstić information content (AvgIpc) is 2.81. The maximum atomic E-state index is 12.9. The predicted octanol–water partition coefficient (Wildman–Crippen LogP) is 4.55. The first-order valence-electron chi connectivity index (χ1n) is 10.5. The van der Waals surface area contributed by atoms with E-state index in [-0.39, 0.29) is 19.1 Å². The molecule has 0 heterocycles. The highest BCUT2D eigenvalue weighted by Gasteiger charge is 2.20. The molecule has 5 nitrogen and oxygen atoms in total. The van der Waals surface area contributed by atoms with Gasteiger partial charge >= 0.3 is 0 Å². The molecule has 0 aliphatic carbocycles. The quantitative estimate of drug-likeness (QED) is 0.455. The first-order chi connectivity index (χ1) is 15.4. The Balaban J connectivity index is 2.03. The molecule has 32 heavy (non-hydrogen) atoms. The fourth-order valence-corrected chi connectivity index (χ4v) is 3.08. The maximum Gasteiger partial charge on any atom is 0.233 e. The molecule has 0 radical (unpaired) electrons. The molecule has 0 spiro atoms. The lowest BCUT2D eigenvalue weighted by Gasteiger charge is -2.17. The molecule has 0 aliphatic heterocycles. The molecule has 2 rings (SSSR count). The Bertz CT molecular complexity index is 976. The number of hydrogen-bond acceptors (Lipinski definition) is 4. The smallest absolute Gasteiger partial charge is 0.233 e. The number of nitrogens with two attached hydrogens (primary N) is 1. The number of nitrogens with one attached hydrogen (secondary N) is 1. The van der Waals surface area contributed by atoms with E-state index < -0.39 is 12.0 Å². The van der Waals surface area contributed by atoms with Crippen molar-refractivity contribution in [2.45, 2.75) is 25.9 Å². The highest BCUT2D eigenvalue weighted by atomic mass is 16.5. The Labute approximate surface area is 190 Å².